The fourth-order valence-electron chi connectivity index (χ4n) is 1.85. The first-order chi connectivity index (χ1) is 10.5. The number of imidazole rings is 1. The van der Waals surface area contributed by atoms with Crippen molar-refractivity contribution in [3.8, 4) is 23.7 Å². The highest BCUT2D eigenvalue weighted by atomic mass is 16.2. The zero-order valence-corrected chi connectivity index (χ0v) is 12.1. The molecule has 0 saturated heterocycles. The molecule has 0 aromatic carbocycles. The highest BCUT2D eigenvalue weighted by Gasteiger charge is 2.15. The van der Waals surface area contributed by atoms with E-state index >= 15 is 0 Å². The zero-order valence-electron chi connectivity index (χ0n) is 12.1. The van der Waals surface area contributed by atoms with E-state index in [-0.39, 0.29) is 30.0 Å². The molecule has 0 fully saturated rings. The summed E-state index contributed by atoms with van der Waals surface area (Å²) in [4.78, 5) is 40.8. The summed E-state index contributed by atoms with van der Waals surface area (Å²) in [6, 6.07) is 0. The predicted octanol–water partition coefficient (Wildman–Crippen LogP) is -1.33. The number of H-pyrrole nitrogens is 1. The van der Waals surface area contributed by atoms with Gasteiger partial charge in [0.1, 0.15) is 0 Å². The predicted molar refractivity (Wildman–Crippen MR) is 79.7 cm³/mol. The lowest BCUT2D eigenvalue weighted by atomic mass is 10.4. The van der Waals surface area contributed by atoms with Gasteiger partial charge in [-0.3, -0.25) is 23.7 Å². The van der Waals surface area contributed by atoms with Gasteiger partial charge in [0.2, 0.25) is 5.91 Å². The molecular formula is C14H13N5O3. The van der Waals surface area contributed by atoms with Crippen LogP contribution in [0.1, 0.15) is 19.2 Å². The van der Waals surface area contributed by atoms with Crippen LogP contribution < -0.4 is 17.0 Å². The number of rotatable bonds is 2. The largest absolute Gasteiger partial charge is 0.369 e. The van der Waals surface area contributed by atoms with E-state index in [9.17, 15) is 14.4 Å². The number of amides is 1. The number of aromatic nitrogens is 4. The number of aromatic amines is 1. The van der Waals surface area contributed by atoms with Crippen LogP contribution in [-0.4, -0.2) is 25.0 Å². The Bertz CT molecular complexity index is 985. The first kappa shape index (κ1) is 15.1. The molecule has 3 N–H and O–H groups in total. The maximum Gasteiger partial charge on any atom is 0.329 e. The highest BCUT2D eigenvalue weighted by molar-refractivity contribution is 5.77. The quantitative estimate of drug-likeness (QED) is 0.668. The van der Waals surface area contributed by atoms with Crippen molar-refractivity contribution >= 4 is 17.1 Å². The minimum Gasteiger partial charge on any atom is -0.369 e. The molecule has 8 heteroatoms. The molecule has 0 aliphatic heterocycles. The van der Waals surface area contributed by atoms with Crippen molar-refractivity contribution in [2.24, 2.45) is 12.8 Å². The van der Waals surface area contributed by atoms with Gasteiger partial charge in [-0.05, 0) is 12.8 Å². The summed E-state index contributed by atoms with van der Waals surface area (Å²) in [7, 11) is 1.49. The van der Waals surface area contributed by atoms with Gasteiger partial charge in [0, 0.05) is 7.05 Å². The minimum atomic E-state index is -0.569. The van der Waals surface area contributed by atoms with Gasteiger partial charge in [0.15, 0.2) is 17.0 Å². The average Bonchev–Trinajstić information content (AvgIpc) is 2.81. The molecule has 0 radical (unpaired) electrons. The molecule has 0 atom stereocenters. The maximum atomic E-state index is 12.0. The first-order valence-corrected chi connectivity index (χ1v) is 6.32. The van der Waals surface area contributed by atoms with E-state index in [4.69, 9.17) is 5.73 Å². The van der Waals surface area contributed by atoms with Crippen molar-refractivity contribution in [1.29, 1.82) is 0 Å². The average molecular weight is 299 g/mol. The fourth-order valence-corrected chi connectivity index (χ4v) is 1.85. The number of primary amides is 1. The summed E-state index contributed by atoms with van der Waals surface area (Å²) in [5.74, 6) is 10.5. The summed E-state index contributed by atoms with van der Waals surface area (Å²) in [6.45, 7) is 1.85. The van der Waals surface area contributed by atoms with Crippen molar-refractivity contribution in [2.45, 2.75) is 19.9 Å². The van der Waals surface area contributed by atoms with Crippen molar-refractivity contribution in [3.63, 3.8) is 0 Å². The summed E-state index contributed by atoms with van der Waals surface area (Å²) >= 11 is 0. The standard InChI is InChI=1S/C14H13N5O3/c1-3-4-8-19-10(7-5-6-9(15)20)16-12-11(19)13(21)17-14(22)18(12)2/h6,8H2,1-2H3,(H2,15,20)(H,17,21,22). The lowest BCUT2D eigenvalue weighted by Crippen LogP contribution is -2.29. The Morgan fingerprint density at radius 2 is 2.09 bits per heavy atom. The molecule has 0 bridgehead atoms. The Morgan fingerprint density at radius 1 is 1.36 bits per heavy atom. The Labute approximate surface area is 125 Å². The van der Waals surface area contributed by atoms with Crippen LogP contribution in [0.15, 0.2) is 9.59 Å². The van der Waals surface area contributed by atoms with Crippen LogP contribution in [0.5, 0.6) is 0 Å². The number of nitrogens with one attached hydrogen (secondary N) is 1. The van der Waals surface area contributed by atoms with Gasteiger partial charge in [-0.15, -0.1) is 5.92 Å². The molecule has 0 aliphatic carbocycles. The number of nitrogens with two attached hydrogens (primary N) is 1. The number of aryl methyl sites for hydroxylation is 1. The molecule has 2 aromatic heterocycles. The molecular weight excluding hydrogens is 286 g/mol. The molecule has 8 nitrogen and oxygen atoms in total. The smallest absolute Gasteiger partial charge is 0.329 e. The van der Waals surface area contributed by atoms with Crippen LogP contribution in [0.3, 0.4) is 0 Å². The lowest BCUT2D eigenvalue weighted by Gasteiger charge is -2.00. The van der Waals surface area contributed by atoms with Gasteiger partial charge in [-0.2, -0.15) is 0 Å². The van der Waals surface area contributed by atoms with E-state index in [1.165, 1.54) is 16.2 Å². The topological polar surface area (TPSA) is 116 Å². The Kier molecular flexibility index (Phi) is 4.14. The number of fused-ring (bicyclic) bond motifs is 1. The van der Waals surface area contributed by atoms with Crippen molar-refractivity contribution < 1.29 is 4.79 Å². The van der Waals surface area contributed by atoms with Crippen molar-refractivity contribution in [1.82, 2.24) is 19.1 Å². The Morgan fingerprint density at radius 3 is 2.73 bits per heavy atom. The molecule has 0 unspecified atom stereocenters. The summed E-state index contributed by atoms with van der Waals surface area (Å²) in [5, 5.41) is 0. The van der Waals surface area contributed by atoms with Crippen molar-refractivity contribution in [2.75, 3.05) is 0 Å². The monoisotopic (exact) mass is 299 g/mol. The van der Waals surface area contributed by atoms with Crippen LogP contribution in [0.25, 0.3) is 11.2 Å². The summed E-state index contributed by atoms with van der Waals surface area (Å²) in [5.41, 5.74) is 4.30. The molecule has 1 amide bonds. The molecule has 2 aromatic rings. The van der Waals surface area contributed by atoms with Gasteiger partial charge in [0.25, 0.3) is 5.56 Å². The van der Waals surface area contributed by atoms with Crippen LogP contribution >= 0.6 is 0 Å². The Balaban J connectivity index is 2.75. The number of carbonyl (C=O) groups is 1. The Hall–Kier alpha value is -3.26. The van der Waals surface area contributed by atoms with Gasteiger partial charge < -0.3 is 5.73 Å². The van der Waals surface area contributed by atoms with Gasteiger partial charge in [0.05, 0.1) is 13.0 Å². The fraction of sp³-hybridized carbons (Fsp3) is 0.286. The molecule has 2 heterocycles. The van der Waals surface area contributed by atoms with E-state index in [0.717, 1.165) is 0 Å². The highest BCUT2D eigenvalue weighted by Crippen LogP contribution is 2.09. The van der Waals surface area contributed by atoms with Gasteiger partial charge in [-0.25, -0.2) is 9.78 Å². The van der Waals surface area contributed by atoms with Crippen LogP contribution in [-0.2, 0) is 18.4 Å². The van der Waals surface area contributed by atoms with E-state index in [1.54, 1.807) is 6.92 Å². The van der Waals surface area contributed by atoms with Crippen LogP contribution in [0, 0.1) is 23.7 Å². The van der Waals surface area contributed by atoms with Gasteiger partial charge in [-0.1, -0.05) is 11.8 Å². The first-order valence-electron chi connectivity index (χ1n) is 6.32. The van der Waals surface area contributed by atoms with Crippen LogP contribution in [0.2, 0.25) is 0 Å². The van der Waals surface area contributed by atoms with Gasteiger partial charge >= 0.3 is 5.69 Å². The van der Waals surface area contributed by atoms with Crippen molar-refractivity contribution in [3.05, 3.63) is 26.7 Å². The molecule has 2 rings (SSSR count). The second-order valence-corrected chi connectivity index (χ2v) is 4.38. The lowest BCUT2D eigenvalue weighted by molar-refractivity contribution is -0.117. The zero-order chi connectivity index (χ0) is 16.3. The second-order valence-electron chi connectivity index (χ2n) is 4.38. The SMILES string of the molecule is CC#CCn1c(C#CCC(N)=O)nc2c1c(=O)[nH]c(=O)n2C. The number of hydrogen-bond acceptors (Lipinski definition) is 4. The third-order valence-corrected chi connectivity index (χ3v) is 2.88. The molecule has 0 saturated carbocycles. The van der Waals surface area contributed by atoms with Crippen LogP contribution in [0.4, 0.5) is 0 Å². The summed E-state index contributed by atoms with van der Waals surface area (Å²) < 4.78 is 2.71. The maximum absolute atomic E-state index is 12.0. The number of nitrogens with zero attached hydrogens (tertiary/aromatic N) is 3. The van der Waals surface area contributed by atoms with E-state index in [1.807, 2.05) is 0 Å². The second kappa shape index (κ2) is 6.02. The molecule has 22 heavy (non-hydrogen) atoms. The summed E-state index contributed by atoms with van der Waals surface area (Å²) in [6.07, 6.45) is -0.127. The third-order valence-electron chi connectivity index (χ3n) is 2.88. The normalized spacial score (nSPS) is 9.73. The van der Waals surface area contributed by atoms with E-state index < -0.39 is 17.2 Å². The third kappa shape index (κ3) is 2.76. The number of hydrogen-bond donors (Lipinski definition) is 2. The minimum absolute atomic E-state index is 0.127. The molecule has 0 spiro atoms. The molecule has 112 valence electrons. The number of carbonyl (C=O) groups excluding carboxylic acids is 1. The molecule has 0 aliphatic rings. The van der Waals surface area contributed by atoms with E-state index in [0.29, 0.717) is 0 Å². The van der Waals surface area contributed by atoms with E-state index in [2.05, 4.69) is 33.6 Å².